The third-order valence-corrected chi connectivity index (χ3v) is 6.24. The molecule has 2 heterocycles. The van der Waals surface area contributed by atoms with Crippen LogP contribution in [0.25, 0.3) is 22.3 Å². The molecule has 2 aromatic heterocycles. The largest absolute Gasteiger partial charge is 0.487 e. The topological polar surface area (TPSA) is 81.9 Å². The van der Waals surface area contributed by atoms with Crippen molar-refractivity contribution in [1.29, 1.82) is 0 Å². The number of para-hydroxylation sites is 1. The van der Waals surface area contributed by atoms with E-state index < -0.39 is 29.8 Å². The van der Waals surface area contributed by atoms with Gasteiger partial charge in [-0.3, -0.25) is 4.79 Å². The number of fused-ring (bicyclic) bond motifs is 1. The zero-order valence-corrected chi connectivity index (χ0v) is 21.7. The molecule has 1 atom stereocenters. The molecule has 4 aromatic rings. The number of alkyl halides is 3. The molecule has 0 spiro atoms. The van der Waals surface area contributed by atoms with Gasteiger partial charge in [-0.15, -0.1) is 0 Å². The summed E-state index contributed by atoms with van der Waals surface area (Å²) >= 11 is 6.36. The van der Waals surface area contributed by atoms with Gasteiger partial charge in [0.25, 0.3) is 0 Å². The molecule has 198 valence electrons. The number of halogens is 5. The van der Waals surface area contributed by atoms with Crippen LogP contribution in [0.15, 0.2) is 42.7 Å². The average Bonchev–Trinajstić information content (AvgIpc) is 3.21. The van der Waals surface area contributed by atoms with Gasteiger partial charge in [-0.25, -0.2) is 19.0 Å². The van der Waals surface area contributed by atoms with Crippen molar-refractivity contribution in [3.63, 3.8) is 0 Å². The number of nitrogens with one attached hydrogen (secondary N) is 1. The molecule has 0 unspecified atom stereocenters. The van der Waals surface area contributed by atoms with E-state index in [0.29, 0.717) is 28.3 Å². The van der Waals surface area contributed by atoms with Crippen molar-refractivity contribution < 1.29 is 27.1 Å². The van der Waals surface area contributed by atoms with Crippen molar-refractivity contribution in [2.75, 3.05) is 0 Å². The fourth-order valence-corrected chi connectivity index (χ4v) is 4.55. The Morgan fingerprint density at radius 2 is 1.97 bits per heavy atom. The lowest BCUT2D eigenvalue weighted by Crippen LogP contribution is -2.46. The molecule has 0 saturated carbocycles. The lowest BCUT2D eigenvalue weighted by molar-refractivity contribution is -0.154. The van der Waals surface area contributed by atoms with Crippen LogP contribution in [0, 0.1) is 12.7 Å². The van der Waals surface area contributed by atoms with Crippen LogP contribution < -0.4 is 10.1 Å². The van der Waals surface area contributed by atoms with Crippen LogP contribution in [0.5, 0.6) is 5.75 Å². The van der Waals surface area contributed by atoms with E-state index in [0.717, 1.165) is 23.1 Å². The van der Waals surface area contributed by atoms with Gasteiger partial charge in [0.05, 0.1) is 5.02 Å². The highest BCUT2D eigenvalue weighted by Gasteiger charge is 2.35. The Labute approximate surface area is 221 Å². The number of aromatic nitrogens is 4. The van der Waals surface area contributed by atoms with Crippen LogP contribution in [-0.4, -0.2) is 39.7 Å². The summed E-state index contributed by atoms with van der Waals surface area (Å²) < 4.78 is 60.2. The summed E-state index contributed by atoms with van der Waals surface area (Å²) in [6, 6.07) is 9.45. The van der Waals surface area contributed by atoms with E-state index in [9.17, 15) is 22.4 Å². The molecule has 1 N–H and O–H groups in total. The van der Waals surface area contributed by atoms with E-state index in [1.54, 1.807) is 23.9 Å². The fraction of sp³-hybridized carbons (Fsp3) is 0.280. The number of carbonyl (C=O) groups is 1. The van der Waals surface area contributed by atoms with Gasteiger partial charge in [0.1, 0.15) is 44.3 Å². The lowest BCUT2D eigenvalue weighted by atomic mass is 9.72. The Bertz CT molecular complexity index is 1520. The maximum absolute atomic E-state index is 14.3. The number of rotatable bonds is 7. The summed E-state index contributed by atoms with van der Waals surface area (Å²) in [6.45, 7) is 3.13. The van der Waals surface area contributed by atoms with Gasteiger partial charge < -0.3 is 10.1 Å². The van der Waals surface area contributed by atoms with Crippen molar-refractivity contribution in [2.45, 2.75) is 38.5 Å². The monoisotopic (exact) mass is 547 g/mol. The third-order valence-electron chi connectivity index (χ3n) is 5.90. The summed E-state index contributed by atoms with van der Waals surface area (Å²) in [4.78, 5) is 21.0. The minimum Gasteiger partial charge on any atom is -0.487 e. The molecule has 7 nitrogen and oxygen atoms in total. The first-order valence-corrected chi connectivity index (χ1v) is 11.9. The number of amides is 1. The molecule has 0 saturated heterocycles. The number of pyridine rings is 1. The average molecular weight is 548 g/mol. The van der Waals surface area contributed by atoms with E-state index in [2.05, 4.69) is 20.4 Å². The van der Waals surface area contributed by atoms with Gasteiger partial charge >= 0.3 is 6.18 Å². The number of hydrogen-bond acceptors (Lipinski definition) is 5. The number of benzene rings is 2. The summed E-state index contributed by atoms with van der Waals surface area (Å²) in [5.41, 5.74) is 1.15. The van der Waals surface area contributed by atoms with Crippen LogP contribution in [0.3, 0.4) is 0 Å². The van der Waals surface area contributed by atoms with E-state index >= 15 is 0 Å². The van der Waals surface area contributed by atoms with E-state index in [1.165, 1.54) is 21.1 Å². The summed E-state index contributed by atoms with van der Waals surface area (Å²) in [5.74, 6) is -0.916. The fourth-order valence-electron chi connectivity index (χ4n) is 4.29. The minimum atomic E-state index is -4.69. The first kappa shape index (κ1) is 27.4. The SMILES string of the molecule is B[C@@](C)(NC(=O)CC(F)(F)F)c1cc(F)cc(Cl)c1COc1cccc2c(-c3ncnn3C)cc(C)nc12. The number of aryl methyl sites for hydroxylation is 2. The third kappa shape index (κ3) is 5.90. The van der Waals surface area contributed by atoms with Crippen molar-refractivity contribution in [2.24, 2.45) is 7.05 Å². The van der Waals surface area contributed by atoms with Crippen LogP contribution in [0.1, 0.15) is 30.2 Å². The predicted octanol–water partition coefficient (Wildman–Crippen LogP) is 4.58. The quantitative estimate of drug-likeness (QED) is 0.271. The normalized spacial score (nSPS) is 13.4. The van der Waals surface area contributed by atoms with Crippen LogP contribution in [-0.2, 0) is 23.9 Å². The molecule has 13 heteroatoms. The Balaban J connectivity index is 1.70. The van der Waals surface area contributed by atoms with Gasteiger partial charge in [-0.05, 0) is 43.7 Å². The number of nitrogens with zero attached hydrogens (tertiary/aromatic N) is 4. The number of carbonyl (C=O) groups excluding carboxylic acids is 1. The zero-order chi connectivity index (χ0) is 27.8. The van der Waals surface area contributed by atoms with Crippen molar-refractivity contribution in [3.05, 3.63) is 70.4 Å². The van der Waals surface area contributed by atoms with Crippen LogP contribution >= 0.6 is 11.6 Å². The zero-order valence-electron chi connectivity index (χ0n) is 21.0. The molecular formula is C25H23BClF4N5O2. The van der Waals surface area contributed by atoms with Gasteiger partial charge in [-0.2, -0.15) is 18.3 Å². The van der Waals surface area contributed by atoms with E-state index in [1.807, 2.05) is 19.1 Å². The number of hydrogen-bond donors (Lipinski definition) is 1. The molecule has 0 aliphatic heterocycles. The van der Waals surface area contributed by atoms with E-state index in [4.69, 9.17) is 16.3 Å². The summed E-state index contributed by atoms with van der Waals surface area (Å²) in [7, 11) is 3.24. The molecule has 0 fully saturated rings. The van der Waals surface area contributed by atoms with Gasteiger partial charge in [0.15, 0.2) is 5.82 Å². The molecule has 1 amide bonds. The maximum atomic E-state index is 14.3. The molecule has 4 rings (SSSR count). The van der Waals surface area contributed by atoms with Gasteiger partial charge in [0.2, 0.25) is 5.91 Å². The second-order valence-electron chi connectivity index (χ2n) is 9.34. The molecular weight excluding hydrogens is 525 g/mol. The maximum Gasteiger partial charge on any atom is 0.397 e. The minimum absolute atomic E-state index is 0.00213. The smallest absolute Gasteiger partial charge is 0.397 e. The summed E-state index contributed by atoms with van der Waals surface area (Å²) in [5, 5.41) is 7.21. The second-order valence-corrected chi connectivity index (χ2v) is 9.75. The summed E-state index contributed by atoms with van der Waals surface area (Å²) in [6.07, 6.45) is -4.90. The Morgan fingerprint density at radius 3 is 2.63 bits per heavy atom. The van der Waals surface area contributed by atoms with Gasteiger partial charge in [0, 0.05) is 34.7 Å². The first-order chi connectivity index (χ1) is 17.7. The van der Waals surface area contributed by atoms with E-state index in [-0.39, 0.29) is 17.2 Å². The van der Waals surface area contributed by atoms with Crippen molar-refractivity contribution >= 4 is 36.3 Å². The highest BCUT2D eigenvalue weighted by Crippen LogP contribution is 2.35. The van der Waals surface area contributed by atoms with Crippen molar-refractivity contribution in [3.8, 4) is 17.1 Å². The molecule has 2 aromatic carbocycles. The van der Waals surface area contributed by atoms with Gasteiger partial charge in [-0.1, -0.05) is 23.7 Å². The Kier molecular flexibility index (Phi) is 7.38. The Hall–Kier alpha value is -3.67. The van der Waals surface area contributed by atoms with Crippen molar-refractivity contribution in [1.82, 2.24) is 25.1 Å². The highest BCUT2D eigenvalue weighted by molar-refractivity contribution is 6.31. The second kappa shape index (κ2) is 10.2. The molecule has 0 bridgehead atoms. The lowest BCUT2D eigenvalue weighted by Gasteiger charge is -2.30. The predicted molar refractivity (Wildman–Crippen MR) is 137 cm³/mol. The highest BCUT2D eigenvalue weighted by atomic mass is 35.5. The standard InChI is InChI=1S/C25H23BClF4N5O2/c1-13-7-16(23-32-12-33-36(23)3)15-5-4-6-20(22(15)34-13)38-11-17-18(8-14(28)9-19(17)27)24(2,26)35-21(37)10-25(29,30)31/h4-9,12H,10-11,26H2,1-3H3,(H,35,37)/t24-/m0/s1. The molecule has 0 radical (unpaired) electrons. The molecule has 38 heavy (non-hydrogen) atoms. The van der Waals surface area contributed by atoms with Crippen LogP contribution in [0.4, 0.5) is 17.6 Å². The molecule has 0 aliphatic carbocycles. The van der Waals surface area contributed by atoms with Crippen LogP contribution in [0.2, 0.25) is 5.02 Å². The molecule has 0 aliphatic rings. The first-order valence-electron chi connectivity index (χ1n) is 11.5. The number of ether oxygens (including phenoxy) is 1. The Morgan fingerprint density at radius 1 is 1.24 bits per heavy atom.